The van der Waals surface area contributed by atoms with Gasteiger partial charge in [0.25, 0.3) is 5.91 Å². The van der Waals surface area contributed by atoms with Gasteiger partial charge in [-0.1, -0.05) is 30.9 Å². The number of aromatic nitrogens is 3. The highest BCUT2D eigenvalue weighted by Gasteiger charge is 2.20. The van der Waals surface area contributed by atoms with Crippen LogP contribution in [0.5, 0.6) is 0 Å². The van der Waals surface area contributed by atoms with E-state index in [1.54, 1.807) is 17.8 Å². The Morgan fingerprint density at radius 2 is 1.91 bits per heavy atom. The van der Waals surface area contributed by atoms with Gasteiger partial charge >= 0.3 is 0 Å². The second-order valence-corrected chi connectivity index (χ2v) is 9.71. The molecule has 7 heteroatoms. The summed E-state index contributed by atoms with van der Waals surface area (Å²) in [6.45, 7) is 3.16. The highest BCUT2D eigenvalue weighted by molar-refractivity contribution is 6.04. The molecule has 2 aliphatic rings. The minimum absolute atomic E-state index is 0.0464. The number of anilines is 1. The van der Waals surface area contributed by atoms with E-state index in [1.807, 2.05) is 0 Å². The number of benzene rings is 1. The number of H-pyrrole nitrogens is 1. The maximum absolute atomic E-state index is 13.0. The lowest BCUT2D eigenvalue weighted by atomic mass is 9.95. The van der Waals surface area contributed by atoms with Crippen LogP contribution in [0.3, 0.4) is 0 Å². The zero-order valence-electron chi connectivity index (χ0n) is 20.4. The highest BCUT2D eigenvalue weighted by atomic mass is 16.1. The summed E-state index contributed by atoms with van der Waals surface area (Å²) in [4.78, 5) is 25.3. The number of hydrogen-bond donors (Lipinski definition) is 4. The monoisotopic (exact) mass is 472 g/mol. The normalized spacial score (nSPS) is 17.1. The Bertz CT molecular complexity index is 1160. The smallest absolute Gasteiger partial charge is 0.253 e. The summed E-state index contributed by atoms with van der Waals surface area (Å²) in [5.41, 5.74) is 5.53. The molecule has 0 bridgehead atoms. The molecule has 1 aliphatic carbocycles. The third kappa shape index (κ3) is 6.09. The zero-order valence-corrected chi connectivity index (χ0v) is 20.4. The van der Waals surface area contributed by atoms with Crippen LogP contribution in [0.15, 0.2) is 48.2 Å². The molecule has 1 aromatic carbocycles. The minimum Gasteiger partial charge on any atom is -0.385 e. The van der Waals surface area contributed by atoms with Crippen LogP contribution in [0.1, 0.15) is 68.1 Å². The molecule has 1 aliphatic heterocycles. The van der Waals surface area contributed by atoms with Crippen LogP contribution in [0, 0.1) is 0 Å². The number of fused-ring (bicyclic) bond motifs is 1. The molecule has 1 saturated carbocycles. The Labute approximate surface area is 207 Å². The van der Waals surface area contributed by atoms with Crippen LogP contribution in [0.4, 0.5) is 5.69 Å². The summed E-state index contributed by atoms with van der Waals surface area (Å²) in [6.07, 6.45) is 14.4. The van der Waals surface area contributed by atoms with Gasteiger partial charge in [0.15, 0.2) is 5.65 Å². The van der Waals surface area contributed by atoms with E-state index in [9.17, 15) is 4.79 Å². The molecule has 7 nitrogen and oxygen atoms in total. The van der Waals surface area contributed by atoms with Gasteiger partial charge in [0.1, 0.15) is 5.82 Å². The summed E-state index contributed by atoms with van der Waals surface area (Å²) in [5, 5.41) is 10.2. The SMILES string of the molecule is O=C(NC1CCCCC1)c1ccnc2nc(-c3ccc(NCCCC4=CCCNCC4)cc3)[nH]c12. The van der Waals surface area contributed by atoms with Gasteiger partial charge in [-0.3, -0.25) is 4.79 Å². The molecule has 0 radical (unpaired) electrons. The molecule has 1 amide bonds. The first-order chi connectivity index (χ1) is 17.3. The van der Waals surface area contributed by atoms with Gasteiger partial charge in [-0.25, -0.2) is 9.97 Å². The molecule has 2 aromatic heterocycles. The molecule has 0 spiro atoms. The van der Waals surface area contributed by atoms with Crippen molar-refractivity contribution in [2.24, 2.45) is 0 Å². The number of nitrogens with one attached hydrogen (secondary N) is 4. The topological polar surface area (TPSA) is 94.7 Å². The van der Waals surface area contributed by atoms with Crippen molar-refractivity contribution in [2.75, 3.05) is 25.0 Å². The van der Waals surface area contributed by atoms with Crippen LogP contribution in [0.2, 0.25) is 0 Å². The van der Waals surface area contributed by atoms with Crippen LogP contribution in [0.25, 0.3) is 22.6 Å². The molecule has 3 aromatic rings. The van der Waals surface area contributed by atoms with E-state index in [0.29, 0.717) is 16.7 Å². The molecule has 0 unspecified atom stereocenters. The largest absolute Gasteiger partial charge is 0.385 e. The quantitative estimate of drug-likeness (QED) is 0.267. The van der Waals surface area contributed by atoms with E-state index in [2.05, 4.69) is 61.2 Å². The van der Waals surface area contributed by atoms with Gasteiger partial charge < -0.3 is 20.9 Å². The zero-order chi connectivity index (χ0) is 23.9. The third-order valence-corrected chi connectivity index (χ3v) is 7.12. The van der Waals surface area contributed by atoms with E-state index >= 15 is 0 Å². The lowest BCUT2D eigenvalue weighted by Crippen LogP contribution is -2.36. The first-order valence-electron chi connectivity index (χ1n) is 13.1. The summed E-state index contributed by atoms with van der Waals surface area (Å²) in [7, 11) is 0. The summed E-state index contributed by atoms with van der Waals surface area (Å²) >= 11 is 0. The number of imidazole rings is 1. The van der Waals surface area contributed by atoms with E-state index in [4.69, 9.17) is 0 Å². The Morgan fingerprint density at radius 1 is 1.06 bits per heavy atom. The van der Waals surface area contributed by atoms with Crippen molar-refractivity contribution in [3.63, 3.8) is 0 Å². The predicted octanol–water partition coefficient (Wildman–Crippen LogP) is 5.19. The number of rotatable bonds is 8. The summed E-state index contributed by atoms with van der Waals surface area (Å²) in [6, 6.07) is 10.3. The number of aromatic amines is 1. The second-order valence-electron chi connectivity index (χ2n) is 9.71. The van der Waals surface area contributed by atoms with Crippen LogP contribution >= 0.6 is 0 Å². The fraction of sp³-hybridized carbons (Fsp3) is 0.464. The summed E-state index contributed by atoms with van der Waals surface area (Å²) < 4.78 is 0. The Hall–Kier alpha value is -3.19. The van der Waals surface area contributed by atoms with Crippen LogP contribution < -0.4 is 16.0 Å². The van der Waals surface area contributed by atoms with Gasteiger partial charge in [0.05, 0.1) is 11.1 Å². The second kappa shape index (κ2) is 11.5. The van der Waals surface area contributed by atoms with Gasteiger partial charge in [0.2, 0.25) is 0 Å². The lowest BCUT2D eigenvalue weighted by molar-refractivity contribution is 0.0929. The third-order valence-electron chi connectivity index (χ3n) is 7.12. The number of hydrogen-bond acceptors (Lipinski definition) is 5. The molecule has 4 N–H and O–H groups in total. The molecule has 3 heterocycles. The molecular formula is C28H36N6O. The van der Waals surface area contributed by atoms with Gasteiger partial charge in [-0.2, -0.15) is 0 Å². The minimum atomic E-state index is -0.0464. The van der Waals surface area contributed by atoms with Crippen molar-refractivity contribution in [3.8, 4) is 11.4 Å². The van der Waals surface area contributed by atoms with Crippen molar-refractivity contribution < 1.29 is 4.79 Å². The first-order valence-corrected chi connectivity index (χ1v) is 13.1. The van der Waals surface area contributed by atoms with Crippen molar-refractivity contribution in [1.29, 1.82) is 0 Å². The average Bonchev–Trinajstić information content (AvgIpc) is 3.16. The summed E-state index contributed by atoms with van der Waals surface area (Å²) in [5.74, 6) is 0.681. The van der Waals surface area contributed by atoms with Crippen molar-refractivity contribution in [1.82, 2.24) is 25.6 Å². The van der Waals surface area contributed by atoms with Crippen LogP contribution in [-0.4, -0.2) is 46.5 Å². The van der Waals surface area contributed by atoms with Gasteiger partial charge in [0, 0.05) is 30.0 Å². The fourth-order valence-corrected chi connectivity index (χ4v) is 5.12. The molecule has 5 rings (SSSR count). The van der Waals surface area contributed by atoms with Gasteiger partial charge in [-0.15, -0.1) is 0 Å². The average molecular weight is 473 g/mol. The number of carbonyl (C=O) groups is 1. The van der Waals surface area contributed by atoms with Crippen LogP contribution in [-0.2, 0) is 0 Å². The number of carbonyl (C=O) groups excluding carboxylic acids is 1. The predicted molar refractivity (Wildman–Crippen MR) is 142 cm³/mol. The van der Waals surface area contributed by atoms with Crippen molar-refractivity contribution in [3.05, 3.63) is 53.7 Å². The molecule has 0 saturated heterocycles. The lowest BCUT2D eigenvalue weighted by Gasteiger charge is -2.22. The fourth-order valence-electron chi connectivity index (χ4n) is 5.12. The van der Waals surface area contributed by atoms with E-state index in [0.717, 1.165) is 68.8 Å². The standard InChI is InChI=1S/C28H36N6O/c35-28(32-23-8-2-1-3-9-23)24-15-19-31-27-25(24)33-26(34-27)21-10-12-22(13-11-21)30-17-5-7-20-6-4-16-29-18-14-20/h6,10-13,15,19,23,29-30H,1-5,7-9,14,16-18H2,(H,32,35)(H,31,33,34). The first kappa shape index (κ1) is 23.5. The highest BCUT2D eigenvalue weighted by Crippen LogP contribution is 2.24. The van der Waals surface area contributed by atoms with Crippen molar-refractivity contribution in [2.45, 2.75) is 63.8 Å². The molecule has 0 atom stereocenters. The van der Waals surface area contributed by atoms with Crippen molar-refractivity contribution >= 4 is 22.8 Å². The molecular weight excluding hydrogens is 436 g/mol. The maximum atomic E-state index is 13.0. The number of pyridine rings is 1. The molecule has 35 heavy (non-hydrogen) atoms. The van der Waals surface area contributed by atoms with E-state index in [1.165, 1.54) is 25.7 Å². The van der Waals surface area contributed by atoms with Gasteiger partial charge in [-0.05, 0) is 81.9 Å². The van der Waals surface area contributed by atoms with E-state index < -0.39 is 0 Å². The Kier molecular flexibility index (Phi) is 7.73. The Morgan fingerprint density at radius 3 is 2.77 bits per heavy atom. The molecule has 1 fully saturated rings. The van der Waals surface area contributed by atoms with E-state index in [-0.39, 0.29) is 11.9 Å². The number of amides is 1. The number of nitrogens with zero attached hydrogens (tertiary/aromatic N) is 2. The Balaban J connectivity index is 1.20. The molecule has 184 valence electrons. The maximum Gasteiger partial charge on any atom is 0.253 e.